The molecular weight excluding hydrogens is 249 g/mol. The predicted molar refractivity (Wildman–Crippen MR) is 66.8 cm³/mol. The highest BCUT2D eigenvalue weighted by Gasteiger charge is 2.38. The van der Waals surface area contributed by atoms with Gasteiger partial charge < -0.3 is 10.0 Å². The van der Waals surface area contributed by atoms with Gasteiger partial charge in [-0.15, -0.1) is 6.58 Å². The molecule has 1 heterocycles. The van der Waals surface area contributed by atoms with E-state index >= 15 is 0 Å². The van der Waals surface area contributed by atoms with Crippen molar-refractivity contribution in [3.8, 4) is 0 Å². The molecule has 1 N–H and O–H groups in total. The lowest BCUT2D eigenvalue weighted by atomic mass is 10.0. The number of likely N-dealkylation sites (tertiary alicyclic amines) is 1. The van der Waals surface area contributed by atoms with Crippen LogP contribution >= 0.6 is 0 Å². The van der Waals surface area contributed by atoms with Gasteiger partial charge in [0.2, 0.25) is 5.91 Å². The summed E-state index contributed by atoms with van der Waals surface area (Å²) >= 11 is 0. The lowest BCUT2D eigenvalue weighted by Crippen LogP contribution is -2.35. The number of hydrogen-bond acceptors (Lipinski definition) is 2. The maximum absolute atomic E-state index is 13.7. The molecule has 1 aromatic rings. The number of benzene rings is 1. The molecule has 1 aliphatic heterocycles. The number of carbonyl (C=O) groups is 2. The first-order valence-electron chi connectivity index (χ1n) is 5.94. The highest BCUT2D eigenvalue weighted by atomic mass is 19.1. The zero-order valence-corrected chi connectivity index (χ0v) is 10.3. The average molecular weight is 263 g/mol. The number of halogens is 1. The van der Waals surface area contributed by atoms with Crippen molar-refractivity contribution in [2.75, 3.05) is 6.54 Å². The fourth-order valence-corrected chi connectivity index (χ4v) is 2.30. The van der Waals surface area contributed by atoms with Crippen LogP contribution in [0.4, 0.5) is 4.39 Å². The molecule has 2 unspecified atom stereocenters. The Balaban J connectivity index is 2.37. The highest BCUT2D eigenvalue weighted by molar-refractivity contribution is 5.86. The number of rotatable bonds is 4. The van der Waals surface area contributed by atoms with Crippen molar-refractivity contribution in [1.29, 1.82) is 0 Å². The summed E-state index contributed by atoms with van der Waals surface area (Å²) in [6, 6.07) is 4.34. The normalized spacial score (nSPS) is 20.4. The van der Waals surface area contributed by atoms with Gasteiger partial charge in [0.15, 0.2) is 6.04 Å². The third-order valence-electron chi connectivity index (χ3n) is 3.27. The van der Waals surface area contributed by atoms with Crippen LogP contribution in [-0.2, 0) is 9.59 Å². The van der Waals surface area contributed by atoms with E-state index < -0.39 is 17.8 Å². The van der Waals surface area contributed by atoms with Gasteiger partial charge in [-0.3, -0.25) is 4.79 Å². The van der Waals surface area contributed by atoms with Gasteiger partial charge in [-0.1, -0.05) is 24.3 Å². The minimum Gasteiger partial charge on any atom is -0.479 e. The molecule has 0 saturated carbocycles. The maximum atomic E-state index is 13.7. The summed E-state index contributed by atoms with van der Waals surface area (Å²) in [5, 5.41) is 9.30. The Hall–Kier alpha value is -2.17. The molecule has 0 bridgehead atoms. The molecule has 2 rings (SSSR count). The second-order valence-electron chi connectivity index (χ2n) is 4.51. The highest BCUT2D eigenvalue weighted by Crippen LogP contribution is 2.30. The minimum atomic E-state index is -1.28. The summed E-state index contributed by atoms with van der Waals surface area (Å²) in [5.41, 5.74) is 0.00747. The van der Waals surface area contributed by atoms with E-state index in [1.165, 1.54) is 23.1 Å². The lowest BCUT2D eigenvalue weighted by molar-refractivity contribution is -0.148. The van der Waals surface area contributed by atoms with Crippen LogP contribution in [0, 0.1) is 11.7 Å². The maximum Gasteiger partial charge on any atom is 0.331 e. The predicted octanol–water partition coefficient (Wildman–Crippen LogP) is 1.99. The zero-order chi connectivity index (χ0) is 14.0. The molecule has 1 aliphatic rings. The van der Waals surface area contributed by atoms with Gasteiger partial charge >= 0.3 is 5.97 Å². The van der Waals surface area contributed by atoms with Gasteiger partial charge in [-0.25, -0.2) is 9.18 Å². The second kappa shape index (κ2) is 5.22. The van der Waals surface area contributed by atoms with E-state index in [0.29, 0.717) is 0 Å². The fraction of sp³-hybridized carbons (Fsp3) is 0.286. The van der Waals surface area contributed by atoms with Crippen molar-refractivity contribution >= 4 is 11.9 Å². The number of carbonyl (C=O) groups excluding carboxylic acids is 1. The summed E-state index contributed by atoms with van der Waals surface area (Å²) in [5.74, 6) is -2.23. The van der Waals surface area contributed by atoms with Gasteiger partial charge in [0.1, 0.15) is 5.82 Å². The quantitative estimate of drug-likeness (QED) is 0.845. The van der Waals surface area contributed by atoms with Crippen LogP contribution in [0.15, 0.2) is 36.9 Å². The van der Waals surface area contributed by atoms with E-state index in [0.717, 1.165) is 0 Å². The number of nitrogens with zero attached hydrogens (tertiary/aromatic N) is 1. The van der Waals surface area contributed by atoms with Crippen LogP contribution in [0.5, 0.6) is 0 Å². The van der Waals surface area contributed by atoms with Crippen LogP contribution in [0.2, 0.25) is 0 Å². The first kappa shape index (κ1) is 13.3. The molecule has 4 nitrogen and oxygen atoms in total. The molecular formula is C14H14FNO3. The first-order chi connectivity index (χ1) is 9.04. The van der Waals surface area contributed by atoms with Gasteiger partial charge in [0.05, 0.1) is 0 Å². The Labute approximate surface area is 110 Å². The molecule has 1 saturated heterocycles. The van der Waals surface area contributed by atoms with Crippen molar-refractivity contribution in [3.05, 3.63) is 48.3 Å². The van der Waals surface area contributed by atoms with Crippen LogP contribution in [0.3, 0.4) is 0 Å². The van der Waals surface area contributed by atoms with E-state index in [4.69, 9.17) is 0 Å². The standard InChI is InChI=1S/C14H14FNO3/c1-2-9-7-12(17)16(8-9)13(14(18)19)10-5-3-4-6-11(10)15/h2-6,9,13H,1,7-8H2,(H,18,19). The minimum absolute atomic E-state index is 0.00747. The molecule has 0 aliphatic carbocycles. The Morgan fingerprint density at radius 2 is 2.21 bits per heavy atom. The summed E-state index contributed by atoms with van der Waals surface area (Å²) in [6.45, 7) is 3.86. The molecule has 0 spiro atoms. The topological polar surface area (TPSA) is 57.6 Å². The van der Waals surface area contributed by atoms with E-state index in [1.807, 2.05) is 0 Å². The molecule has 2 atom stereocenters. The third-order valence-corrected chi connectivity index (χ3v) is 3.27. The summed E-state index contributed by atoms with van der Waals surface area (Å²) in [6.07, 6.45) is 1.85. The van der Waals surface area contributed by atoms with Gasteiger partial charge in [-0.05, 0) is 6.07 Å². The van der Waals surface area contributed by atoms with Crippen molar-refractivity contribution in [1.82, 2.24) is 4.90 Å². The van der Waals surface area contributed by atoms with Crippen LogP contribution < -0.4 is 0 Å². The molecule has 1 aromatic carbocycles. The van der Waals surface area contributed by atoms with Gasteiger partial charge in [0, 0.05) is 24.4 Å². The number of hydrogen-bond donors (Lipinski definition) is 1. The SMILES string of the molecule is C=CC1CC(=O)N(C(C(=O)O)c2ccccc2F)C1. The fourth-order valence-electron chi connectivity index (χ4n) is 2.30. The van der Waals surface area contributed by atoms with Crippen LogP contribution in [-0.4, -0.2) is 28.4 Å². The van der Waals surface area contributed by atoms with Crippen molar-refractivity contribution in [2.45, 2.75) is 12.5 Å². The summed E-state index contributed by atoms with van der Waals surface area (Å²) in [7, 11) is 0. The Kier molecular flexibility index (Phi) is 3.64. The van der Waals surface area contributed by atoms with Crippen molar-refractivity contribution in [3.63, 3.8) is 0 Å². The van der Waals surface area contributed by atoms with Crippen LogP contribution in [0.25, 0.3) is 0 Å². The van der Waals surface area contributed by atoms with Crippen molar-refractivity contribution in [2.24, 2.45) is 5.92 Å². The molecule has 19 heavy (non-hydrogen) atoms. The Morgan fingerprint density at radius 1 is 1.53 bits per heavy atom. The Morgan fingerprint density at radius 3 is 2.74 bits per heavy atom. The first-order valence-corrected chi connectivity index (χ1v) is 5.94. The molecule has 1 amide bonds. The molecule has 0 radical (unpaired) electrons. The number of amides is 1. The Bertz CT molecular complexity index is 529. The van der Waals surface area contributed by atoms with Crippen molar-refractivity contribution < 1.29 is 19.1 Å². The molecule has 5 heteroatoms. The molecule has 0 aromatic heterocycles. The van der Waals surface area contributed by atoms with E-state index in [2.05, 4.69) is 6.58 Å². The number of carboxylic acid groups (broad SMARTS) is 1. The molecule has 100 valence electrons. The number of aliphatic carboxylic acids is 1. The molecule has 1 fully saturated rings. The zero-order valence-electron chi connectivity index (χ0n) is 10.3. The number of carboxylic acids is 1. The largest absolute Gasteiger partial charge is 0.479 e. The lowest BCUT2D eigenvalue weighted by Gasteiger charge is -2.25. The average Bonchev–Trinajstić information content (AvgIpc) is 2.73. The smallest absolute Gasteiger partial charge is 0.331 e. The van der Waals surface area contributed by atoms with Gasteiger partial charge in [-0.2, -0.15) is 0 Å². The van der Waals surface area contributed by atoms with Gasteiger partial charge in [0.25, 0.3) is 0 Å². The summed E-state index contributed by atoms with van der Waals surface area (Å²) in [4.78, 5) is 24.5. The summed E-state index contributed by atoms with van der Waals surface area (Å²) < 4.78 is 13.7. The third kappa shape index (κ3) is 2.50. The van der Waals surface area contributed by atoms with E-state index in [-0.39, 0.29) is 30.4 Å². The monoisotopic (exact) mass is 263 g/mol. The second-order valence-corrected chi connectivity index (χ2v) is 4.51. The van der Waals surface area contributed by atoms with E-state index in [1.54, 1.807) is 12.1 Å². The van der Waals surface area contributed by atoms with Crippen LogP contribution in [0.1, 0.15) is 18.0 Å². The van der Waals surface area contributed by atoms with E-state index in [9.17, 15) is 19.1 Å².